The molecule has 1 aliphatic heterocycles. The third kappa shape index (κ3) is 4.63. The Labute approximate surface area is 198 Å². The molecule has 2 unspecified atom stereocenters. The summed E-state index contributed by atoms with van der Waals surface area (Å²) in [6.45, 7) is 3.80. The largest absolute Gasteiger partial charge is 0.481 e. The Morgan fingerprint density at radius 2 is 1.74 bits per heavy atom. The Morgan fingerprint density at radius 3 is 2.32 bits per heavy atom. The van der Waals surface area contributed by atoms with Crippen LogP contribution in [0.4, 0.5) is 4.79 Å². The van der Waals surface area contributed by atoms with Gasteiger partial charge in [-0.2, -0.15) is 0 Å². The van der Waals surface area contributed by atoms with E-state index < -0.39 is 29.6 Å². The van der Waals surface area contributed by atoms with Gasteiger partial charge in [0.15, 0.2) is 0 Å². The highest BCUT2D eigenvalue weighted by Gasteiger charge is 2.47. The van der Waals surface area contributed by atoms with Crippen molar-refractivity contribution in [2.75, 3.05) is 19.8 Å². The summed E-state index contributed by atoms with van der Waals surface area (Å²) in [4.78, 5) is 36.7. The molecule has 0 radical (unpaired) electrons. The monoisotopic (exact) mass is 466 g/mol. The maximum Gasteiger partial charge on any atom is 0.407 e. The number of amides is 2. The Hall–Kier alpha value is -3.39. The summed E-state index contributed by atoms with van der Waals surface area (Å²) in [6, 6.07) is 15.2. The molecular weight excluding hydrogens is 436 g/mol. The molecule has 180 valence electrons. The minimum absolute atomic E-state index is 0.0207. The molecule has 4 rings (SSSR count). The van der Waals surface area contributed by atoms with E-state index in [4.69, 9.17) is 9.47 Å². The highest BCUT2D eigenvalue weighted by Crippen LogP contribution is 2.44. The standard InChI is InChI=1S/C26H30N2O6/c1-3-16(12-23(29)28-22-14-33-15-26(22,2)24(30)31)27-25(32)34-13-21-19-10-6-4-8-17(19)18-9-5-7-11-20(18)21/h4-11,16,21-22H,3,12-15H2,1-2H3,(H,27,32)(H,28,29)(H,30,31)/t16-,22?,26?/m0/s1. The van der Waals surface area contributed by atoms with Gasteiger partial charge in [-0.3, -0.25) is 9.59 Å². The Bertz CT molecular complexity index is 1040. The fourth-order valence-corrected chi connectivity index (χ4v) is 4.67. The predicted molar refractivity (Wildman–Crippen MR) is 125 cm³/mol. The highest BCUT2D eigenvalue weighted by molar-refractivity contribution is 5.81. The van der Waals surface area contributed by atoms with Crippen molar-refractivity contribution in [3.8, 4) is 11.1 Å². The number of carbonyl (C=O) groups excluding carboxylic acids is 2. The first-order valence-corrected chi connectivity index (χ1v) is 11.6. The quantitative estimate of drug-likeness (QED) is 0.550. The maximum atomic E-state index is 12.6. The van der Waals surface area contributed by atoms with Gasteiger partial charge in [0.1, 0.15) is 12.0 Å². The number of benzene rings is 2. The zero-order valence-corrected chi connectivity index (χ0v) is 19.4. The molecule has 2 aromatic carbocycles. The molecule has 1 heterocycles. The molecule has 0 aromatic heterocycles. The number of alkyl carbamates (subject to hydrolysis) is 1. The van der Waals surface area contributed by atoms with Gasteiger partial charge in [-0.25, -0.2) is 4.79 Å². The van der Waals surface area contributed by atoms with Gasteiger partial charge >= 0.3 is 12.1 Å². The summed E-state index contributed by atoms with van der Waals surface area (Å²) in [5, 5.41) is 15.0. The SMILES string of the molecule is CC[C@@H](CC(=O)NC1COCC1(C)C(=O)O)NC(=O)OCC1c2ccccc2-c2ccccc21. The topological polar surface area (TPSA) is 114 Å². The fourth-order valence-electron chi connectivity index (χ4n) is 4.67. The second-order valence-electron chi connectivity index (χ2n) is 9.14. The van der Waals surface area contributed by atoms with E-state index >= 15 is 0 Å². The number of nitrogens with one attached hydrogen (secondary N) is 2. The fraction of sp³-hybridized carbons (Fsp3) is 0.423. The van der Waals surface area contributed by atoms with E-state index in [9.17, 15) is 19.5 Å². The van der Waals surface area contributed by atoms with E-state index in [0.29, 0.717) is 6.42 Å². The van der Waals surface area contributed by atoms with Crippen molar-refractivity contribution >= 4 is 18.0 Å². The van der Waals surface area contributed by atoms with Crippen LogP contribution in [0, 0.1) is 5.41 Å². The van der Waals surface area contributed by atoms with Crippen LogP contribution in [0.3, 0.4) is 0 Å². The van der Waals surface area contributed by atoms with Gasteiger partial charge in [-0.15, -0.1) is 0 Å². The van der Waals surface area contributed by atoms with Crippen LogP contribution in [0.25, 0.3) is 11.1 Å². The normalized spacial score (nSPS) is 21.9. The van der Waals surface area contributed by atoms with Crippen molar-refractivity contribution in [1.82, 2.24) is 10.6 Å². The molecule has 8 heteroatoms. The van der Waals surface area contributed by atoms with Gasteiger partial charge in [0, 0.05) is 18.4 Å². The van der Waals surface area contributed by atoms with E-state index in [1.165, 1.54) is 0 Å². The second kappa shape index (κ2) is 9.85. The highest BCUT2D eigenvalue weighted by atomic mass is 16.5. The van der Waals surface area contributed by atoms with E-state index in [-0.39, 0.29) is 38.1 Å². The third-order valence-corrected chi connectivity index (χ3v) is 6.87. The predicted octanol–water partition coefficient (Wildman–Crippen LogP) is 3.30. The Kier molecular flexibility index (Phi) is 6.88. The molecule has 3 atom stereocenters. The molecule has 0 saturated carbocycles. The van der Waals surface area contributed by atoms with Gasteiger partial charge in [0.2, 0.25) is 5.91 Å². The van der Waals surface area contributed by atoms with E-state index in [0.717, 1.165) is 22.3 Å². The van der Waals surface area contributed by atoms with Crippen molar-refractivity contribution in [1.29, 1.82) is 0 Å². The Balaban J connectivity index is 1.32. The maximum absolute atomic E-state index is 12.6. The first-order valence-electron chi connectivity index (χ1n) is 11.6. The molecule has 2 aromatic rings. The number of aliphatic carboxylic acids is 1. The number of ether oxygens (including phenoxy) is 2. The number of carbonyl (C=O) groups is 3. The van der Waals surface area contributed by atoms with E-state index in [1.54, 1.807) is 6.92 Å². The number of carboxylic acids is 1. The average Bonchev–Trinajstić information content (AvgIpc) is 3.36. The van der Waals surface area contributed by atoms with Crippen LogP contribution < -0.4 is 10.6 Å². The zero-order chi connectivity index (χ0) is 24.3. The van der Waals surface area contributed by atoms with Crippen LogP contribution in [0.15, 0.2) is 48.5 Å². The van der Waals surface area contributed by atoms with Crippen molar-refractivity contribution in [3.63, 3.8) is 0 Å². The van der Waals surface area contributed by atoms with Crippen molar-refractivity contribution in [3.05, 3.63) is 59.7 Å². The first kappa shape index (κ1) is 23.8. The van der Waals surface area contributed by atoms with Gasteiger partial charge in [-0.05, 0) is 35.6 Å². The summed E-state index contributed by atoms with van der Waals surface area (Å²) < 4.78 is 10.8. The smallest absolute Gasteiger partial charge is 0.407 e. The number of fused-ring (bicyclic) bond motifs is 3. The van der Waals surface area contributed by atoms with Gasteiger partial charge in [0.25, 0.3) is 0 Å². The minimum atomic E-state index is -1.17. The second-order valence-corrected chi connectivity index (χ2v) is 9.14. The molecule has 2 aliphatic rings. The summed E-state index contributed by atoms with van der Waals surface area (Å²) in [5.74, 6) is -1.40. The molecular formula is C26H30N2O6. The van der Waals surface area contributed by atoms with Crippen LogP contribution in [-0.4, -0.2) is 55.0 Å². The lowest BCUT2D eigenvalue weighted by Gasteiger charge is -2.26. The molecule has 34 heavy (non-hydrogen) atoms. The lowest BCUT2D eigenvalue weighted by molar-refractivity contribution is -0.149. The van der Waals surface area contributed by atoms with Crippen LogP contribution in [0.5, 0.6) is 0 Å². The molecule has 2 amide bonds. The third-order valence-electron chi connectivity index (χ3n) is 6.87. The van der Waals surface area contributed by atoms with Crippen LogP contribution in [0.2, 0.25) is 0 Å². The van der Waals surface area contributed by atoms with Crippen molar-refractivity contribution in [2.24, 2.45) is 5.41 Å². The first-order chi connectivity index (χ1) is 16.3. The molecule has 3 N–H and O–H groups in total. The van der Waals surface area contributed by atoms with E-state index in [2.05, 4.69) is 34.9 Å². The van der Waals surface area contributed by atoms with Gasteiger partial charge in [0.05, 0.1) is 19.3 Å². The summed E-state index contributed by atoms with van der Waals surface area (Å²) in [7, 11) is 0. The molecule has 1 fully saturated rings. The molecule has 0 spiro atoms. The average molecular weight is 467 g/mol. The van der Waals surface area contributed by atoms with Crippen LogP contribution in [-0.2, 0) is 19.1 Å². The minimum Gasteiger partial charge on any atom is -0.481 e. The summed E-state index contributed by atoms with van der Waals surface area (Å²) >= 11 is 0. The number of rotatable bonds is 8. The van der Waals surface area contributed by atoms with Crippen molar-refractivity contribution < 1.29 is 29.0 Å². The number of carboxylic acid groups (broad SMARTS) is 1. The summed E-state index contributed by atoms with van der Waals surface area (Å²) in [6.07, 6.45) is -0.0388. The van der Waals surface area contributed by atoms with E-state index in [1.807, 2.05) is 31.2 Å². The number of hydrogen-bond donors (Lipinski definition) is 3. The molecule has 0 bridgehead atoms. The van der Waals surface area contributed by atoms with Crippen LogP contribution >= 0.6 is 0 Å². The van der Waals surface area contributed by atoms with Gasteiger partial charge < -0.3 is 25.2 Å². The number of hydrogen-bond acceptors (Lipinski definition) is 5. The lowest BCUT2D eigenvalue weighted by atomic mass is 9.85. The van der Waals surface area contributed by atoms with Crippen LogP contribution in [0.1, 0.15) is 43.7 Å². The van der Waals surface area contributed by atoms with Gasteiger partial charge in [-0.1, -0.05) is 55.5 Å². The zero-order valence-electron chi connectivity index (χ0n) is 19.4. The molecule has 1 saturated heterocycles. The lowest BCUT2D eigenvalue weighted by Crippen LogP contribution is -2.51. The molecule has 1 aliphatic carbocycles. The summed E-state index contributed by atoms with van der Waals surface area (Å²) in [5.41, 5.74) is 3.39. The molecule has 8 nitrogen and oxygen atoms in total. The van der Waals surface area contributed by atoms with Crippen molar-refractivity contribution in [2.45, 2.75) is 44.7 Å². The Morgan fingerprint density at radius 1 is 1.12 bits per heavy atom.